The lowest BCUT2D eigenvalue weighted by molar-refractivity contribution is -0.145. The number of allylic oxidation sites excluding steroid dienone is 4. The molecule has 2 fully saturated rings. The van der Waals surface area contributed by atoms with Crippen LogP contribution in [-0.4, -0.2) is 119 Å². The molecule has 0 bridgehead atoms. The van der Waals surface area contributed by atoms with Crippen molar-refractivity contribution in [3.63, 3.8) is 0 Å². The zero-order valence-corrected chi connectivity index (χ0v) is 31.0. The van der Waals surface area contributed by atoms with E-state index < -0.39 is 76.7 Å². The van der Waals surface area contributed by atoms with Crippen LogP contribution in [0.5, 0.6) is 0 Å². The lowest BCUT2D eigenvalue weighted by Gasteiger charge is -2.34. The van der Waals surface area contributed by atoms with Crippen molar-refractivity contribution in [1.29, 1.82) is 0 Å². The third kappa shape index (κ3) is 7.85. The number of morpholine rings is 2. The minimum Gasteiger partial charge on any atom is -0.444 e. The average Bonchev–Trinajstić information content (AvgIpc) is 3.49. The number of carbonyl (C=O) groups excluding carboxylic acids is 6. The number of aliphatic hydroxyl groups excluding tert-OH is 1. The highest BCUT2D eigenvalue weighted by molar-refractivity contribution is 6.25. The van der Waals surface area contributed by atoms with Gasteiger partial charge in [0.15, 0.2) is 23.1 Å². The summed E-state index contributed by atoms with van der Waals surface area (Å²) in [6.07, 6.45) is -2.22. The molecule has 6 rings (SSSR count). The van der Waals surface area contributed by atoms with Gasteiger partial charge in [-0.25, -0.2) is 9.59 Å². The first-order valence-electron chi connectivity index (χ1n) is 17.9. The molecule has 2 aliphatic heterocycles. The lowest BCUT2D eigenvalue weighted by Crippen LogP contribution is -2.52. The van der Waals surface area contributed by atoms with Gasteiger partial charge < -0.3 is 39.2 Å². The largest absolute Gasteiger partial charge is 0.444 e. The van der Waals surface area contributed by atoms with Crippen molar-refractivity contribution in [3.8, 4) is 0 Å². The molecule has 14 nitrogen and oxygen atoms in total. The summed E-state index contributed by atoms with van der Waals surface area (Å²) in [6, 6.07) is 5.08. The molecule has 1 aromatic carbocycles. The Morgan fingerprint density at radius 2 is 1.40 bits per heavy atom. The Kier molecular flexibility index (Phi) is 10.3. The Morgan fingerprint density at radius 1 is 0.830 bits per heavy atom. The molecule has 1 aromatic rings. The summed E-state index contributed by atoms with van der Waals surface area (Å²) in [4.78, 5) is 82.6. The Morgan fingerprint density at radius 3 is 1.96 bits per heavy atom. The van der Waals surface area contributed by atoms with E-state index in [0.29, 0.717) is 46.5 Å². The topological polar surface area (TPSA) is 178 Å². The molecule has 2 amide bonds. The number of anilines is 1. The normalized spacial score (nSPS) is 26.2. The first-order chi connectivity index (χ1) is 24.8. The van der Waals surface area contributed by atoms with Crippen molar-refractivity contribution in [2.24, 2.45) is 11.8 Å². The number of amides is 2. The van der Waals surface area contributed by atoms with Crippen LogP contribution >= 0.6 is 0 Å². The van der Waals surface area contributed by atoms with Crippen LogP contribution in [0.1, 0.15) is 70.3 Å². The Labute approximate surface area is 308 Å². The predicted molar refractivity (Wildman–Crippen MR) is 191 cm³/mol. The second-order valence-electron chi connectivity index (χ2n) is 16.0. The molecule has 14 heteroatoms. The number of benzene rings is 1. The van der Waals surface area contributed by atoms with Crippen molar-refractivity contribution in [1.82, 2.24) is 9.80 Å². The molecule has 0 aromatic heterocycles. The van der Waals surface area contributed by atoms with E-state index in [-0.39, 0.29) is 45.0 Å². The van der Waals surface area contributed by atoms with Gasteiger partial charge in [0.1, 0.15) is 35.2 Å². The molecule has 5 atom stereocenters. The summed E-state index contributed by atoms with van der Waals surface area (Å²) in [6.45, 7) is 15.1. The van der Waals surface area contributed by atoms with E-state index in [1.54, 1.807) is 65.8 Å². The van der Waals surface area contributed by atoms with Gasteiger partial charge in [-0.3, -0.25) is 19.2 Å². The maximum atomic E-state index is 13.7. The fraction of sp³-hybridized carbons (Fsp3) is 0.538. The molecule has 0 saturated carbocycles. The number of aliphatic hydroxyl groups is 1. The van der Waals surface area contributed by atoms with Gasteiger partial charge in [-0.05, 0) is 89.3 Å². The van der Waals surface area contributed by atoms with Crippen LogP contribution in [0.3, 0.4) is 0 Å². The third-order valence-electron chi connectivity index (χ3n) is 9.76. The number of rotatable bonds is 6. The van der Waals surface area contributed by atoms with Crippen LogP contribution in [0.2, 0.25) is 0 Å². The summed E-state index contributed by atoms with van der Waals surface area (Å²) in [5.41, 5.74) is 1.64. The maximum absolute atomic E-state index is 13.7. The van der Waals surface area contributed by atoms with E-state index in [9.17, 15) is 33.9 Å². The molecule has 2 N–H and O–H groups in total. The van der Waals surface area contributed by atoms with E-state index in [2.05, 4.69) is 11.9 Å². The minimum atomic E-state index is -1.36. The predicted octanol–water partition coefficient (Wildman–Crippen LogP) is 3.87. The van der Waals surface area contributed by atoms with E-state index >= 15 is 0 Å². The summed E-state index contributed by atoms with van der Waals surface area (Å²) < 4.78 is 22.3. The number of nitrogens with one attached hydrogen (secondary N) is 1. The molecule has 2 heterocycles. The molecule has 284 valence electrons. The number of hydrogen-bond acceptors (Lipinski definition) is 12. The highest BCUT2D eigenvalue weighted by Crippen LogP contribution is 2.41. The van der Waals surface area contributed by atoms with E-state index in [1.165, 1.54) is 9.80 Å². The first kappa shape index (κ1) is 38.1. The van der Waals surface area contributed by atoms with Crippen molar-refractivity contribution in [3.05, 3.63) is 58.8 Å². The maximum Gasteiger partial charge on any atom is 0.410 e. The van der Waals surface area contributed by atoms with Crippen LogP contribution in [0.15, 0.2) is 47.7 Å². The van der Waals surface area contributed by atoms with Gasteiger partial charge >= 0.3 is 12.2 Å². The second-order valence-corrected chi connectivity index (χ2v) is 16.0. The van der Waals surface area contributed by atoms with Crippen LogP contribution in [0.25, 0.3) is 5.57 Å². The van der Waals surface area contributed by atoms with Crippen LogP contribution in [-0.2, 0) is 33.3 Å². The Bertz CT molecular complexity index is 1830. The Balaban J connectivity index is 1.11. The van der Waals surface area contributed by atoms with Crippen LogP contribution < -0.4 is 5.32 Å². The fourth-order valence-corrected chi connectivity index (χ4v) is 7.25. The van der Waals surface area contributed by atoms with Crippen LogP contribution in [0, 0.1) is 11.8 Å². The smallest absolute Gasteiger partial charge is 0.410 e. The monoisotopic (exact) mass is 733 g/mol. The van der Waals surface area contributed by atoms with E-state index in [4.69, 9.17) is 18.9 Å². The summed E-state index contributed by atoms with van der Waals surface area (Å²) in [5, 5.41) is 14.4. The fourth-order valence-electron chi connectivity index (χ4n) is 7.25. The van der Waals surface area contributed by atoms with Crippen molar-refractivity contribution >= 4 is 46.6 Å². The number of nitrogens with zero attached hydrogens (tertiary/aromatic N) is 2. The summed E-state index contributed by atoms with van der Waals surface area (Å²) in [7, 11) is 0. The first-order valence-corrected chi connectivity index (χ1v) is 17.9. The molecule has 5 aliphatic rings. The molecule has 2 saturated heterocycles. The van der Waals surface area contributed by atoms with Crippen LogP contribution in [0.4, 0.5) is 15.3 Å². The number of hydrogen-bond donors (Lipinski definition) is 2. The summed E-state index contributed by atoms with van der Waals surface area (Å²) >= 11 is 0. The van der Waals surface area contributed by atoms with Gasteiger partial charge in [0, 0.05) is 35.6 Å². The van der Waals surface area contributed by atoms with E-state index in [1.807, 2.05) is 0 Å². The van der Waals surface area contributed by atoms with Crippen molar-refractivity contribution < 1.29 is 52.8 Å². The number of ether oxygens (including phenoxy) is 4. The van der Waals surface area contributed by atoms with Gasteiger partial charge in [0.05, 0.1) is 32.4 Å². The second kappa shape index (κ2) is 14.3. The summed E-state index contributed by atoms with van der Waals surface area (Å²) in [5.74, 6) is -4.54. The SMILES string of the molecule is C=C1c2ccc(NC3=CC4=C(CC3)C(O)C(C(=O)C3CN(C(=O)OC(C)(C)C)CCO3)C4=O)cc2C(=O)C1C(=O)C1CN(C(=O)OC(C)(C)C)CCO1. The standard InChI is InChI=1S/C39H47N3O11/c1-20-23-10-8-21(16-25(23)32(44)29(20)34(46)27-18-41(12-14-50-27)36(48)52-38(2,3)4)40-22-9-11-24-26(17-22)33(45)30(31(24)43)35(47)28-19-42(13-15-51-28)37(49)53-39(5,6)7/h8,10,16-17,27-31,40,43H,1,9,11-15,18-19H2,2-7H3. The number of ketones is 4. The lowest BCUT2D eigenvalue weighted by atomic mass is 9.91. The molecule has 53 heavy (non-hydrogen) atoms. The zero-order valence-electron chi connectivity index (χ0n) is 31.0. The molecular weight excluding hydrogens is 686 g/mol. The van der Waals surface area contributed by atoms with Gasteiger partial charge in [-0.15, -0.1) is 0 Å². The van der Waals surface area contributed by atoms with Crippen molar-refractivity contribution in [2.45, 2.75) is 83.9 Å². The van der Waals surface area contributed by atoms with Gasteiger partial charge in [-0.2, -0.15) is 0 Å². The molecule has 5 unspecified atom stereocenters. The number of fused-ring (bicyclic) bond motifs is 1. The Hall–Kier alpha value is -4.66. The van der Waals surface area contributed by atoms with Gasteiger partial charge in [0.25, 0.3) is 0 Å². The number of Topliss-reactive ketones (excluding diaryl/α,β-unsaturated/α-hetero) is 4. The highest BCUT2D eigenvalue weighted by atomic mass is 16.6. The van der Waals surface area contributed by atoms with E-state index in [0.717, 1.165) is 0 Å². The highest BCUT2D eigenvalue weighted by Gasteiger charge is 2.49. The third-order valence-corrected chi connectivity index (χ3v) is 9.76. The number of carbonyl (C=O) groups is 6. The average molecular weight is 734 g/mol. The zero-order chi connectivity index (χ0) is 38.6. The quantitative estimate of drug-likeness (QED) is 0.404. The van der Waals surface area contributed by atoms with Crippen molar-refractivity contribution in [2.75, 3.05) is 44.7 Å². The molecule has 3 aliphatic carbocycles. The minimum absolute atomic E-state index is 0.0436. The molecular formula is C39H47N3O11. The molecule has 0 radical (unpaired) electrons. The van der Waals surface area contributed by atoms with Gasteiger partial charge in [-0.1, -0.05) is 12.6 Å². The molecule has 0 spiro atoms. The van der Waals surface area contributed by atoms with Gasteiger partial charge in [0.2, 0.25) is 0 Å².